The number of hydrogen-bond acceptors (Lipinski definition) is 8. The van der Waals surface area contributed by atoms with Gasteiger partial charge in [-0.1, -0.05) is 29.8 Å². The zero-order valence-corrected chi connectivity index (χ0v) is 14.0. The smallest absolute Gasteiger partial charge is 0.229 e. The number of benzene rings is 1. The van der Waals surface area contributed by atoms with Crippen LogP contribution in [0.15, 0.2) is 24.3 Å². The van der Waals surface area contributed by atoms with Crippen molar-refractivity contribution in [2.45, 2.75) is 19.9 Å². The zero-order valence-electron chi connectivity index (χ0n) is 14.0. The molecule has 0 aliphatic rings. The molecule has 0 amide bonds. The van der Waals surface area contributed by atoms with Crippen molar-refractivity contribution in [1.29, 1.82) is 0 Å². The van der Waals surface area contributed by atoms with Gasteiger partial charge in [0.25, 0.3) is 0 Å². The molecule has 1 unspecified atom stereocenters. The van der Waals surface area contributed by atoms with E-state index in [9.17, 15) is 0 Å². The number of nitrogens with zero attached hydrogens (tertiary/aromatic N) is 8. The molecule has 0 saturated carbocycles. The van der Waals surface area contributed by atoms with Crippen molar-refractivity contribution in [2.75, 3.05) is 24.7 Å². The average molecular weight is 325 g/mol. The molecule has 0 spiro atoms. The molecule has 0 aliphatic heterocycles. The second-order valence-corrected chi connectivity index (χ2v) is 5.72. The van der Waals surface area contributed by atoms with Crippen molar-refractivity contribution in [3.05, 3.63) is 35.7 Å². The van der Waals surface area contributed by atoms with E-state index in [0.29, 0.717) is 17.6 Å². The first-order valence-corrected chi connectivity index (χ1v) is 7.49. The van der Waals surface area contributed by atoms with Crippen LogP contribution in [0.5, 0.6) is 0 Å². The van der Waals surface area contributed by atoms with Crippen LogP contribution in [-0.4, -0.2) is 49.3 Å². The molecule has 3 rings (SSSR count). The van der Waals surface area contributed by atoms with Crippen LogP contribution in [0.4, 0.5) is 11.9 Å². The topological polar surface area (TPSA) is 112 Å². The largest absolute Gasteiger partial charge is 0.368 e. The summed E-state index contributed by atoms with van der Waals surface area (Å²) in [5, 5.41) is 12.7. The fraction of sp³-hybridized carbons (Fsp3) is 0.333. The molecule has 3 aromatic rings. The number of nitrogen functional groups attached to an aromatic ring is 1. The zero-order chi connectivity index (χ0) is 17.3. The van der Waals surface area contributed by atoms with Crippen molar-refractivity contribution in [1.82, 2.24) is 35.2 Å². The third kappa shape index (κ3) is 3.14. The summed E-state index contributed by atoms with van der Waals surface area (Å²) in [4.78, 5) is 15.9. The summed E-state index contributed by atoms with van der Waals surface area (Å²) in [6.07, 6.45) is 0. The van der Waals surface area contributed by atoms with Crippen molar-refractivity contribution in [2.24, 2.45) is 0 Å². The first-order valence-electron chi connectivity index (χ1n) is 7.49. The molecule has 1 atom stereocenters. The predicted molar refractivity (Wildman–Crippen MR) is 90.4 cm³/mol. The maximum absolute atomic E-state index is 5.77. The first kappa shape index (κ1) is 15.8. The second-order valence-electron chi connectivity index (χ2n) is 5.72. The van der Waals surface area contributed by atoms with E-state index >= 15 is 0 Å². The summed E-state index contributed by atoms with van der Waals surface area (Å²) in [6.45, 7) is 3.92. The van der Waals surface area contributed by atoms with Gasteiger partial charge < -0.3 is 10.6 Å². The highest BCUT2D eigenvalue weighted by Gasteiger charge is 2.18. The fourth-order valence-corrected chi connectivity index (χ4v) is 2.09. The Hall–Kier alpha value is -3.10. The van der Waals surface area contributed by atoms with E-state index in [-0.39, 0.29) is 12.0 Å². The molecule has 9 nitrogen and oxygen atoms in total. The Labute approximate surface area is 139 Å². The minimum Gasteiger partial charge on any atom is -0.368 e. The average Bonchev–Trinajstić information content (AvgIpc) is 3.04. The maximum Gasteiger partial charge on any atom is 0.229 e. The summed E-state index contributed by atoms with van der Waals surface area (Å²) in [6, 6.07) is 7.63. The van der Waals surface area contributed by atoms with Crippen molar-refractivity contribution < 1.29 is 0 Å². The Kier molecular flexibility index (Phi) is 4.07. The molecule has 1 aromatic carbocycles. The summed E-state index contributed by atoms with van der Waals surface area (Å²) in [5.41, 5.74) is 7.85. The molecule has 9 heteroatoms. The van der Waals surface area contributed by atoms with E-state index in [2.05, 4.69) is 30.4 Å². The molecular formula is C15H19N9. The number of tetrazole rings is 1. The fourth-order valence-electron chi connectivity index (χ4n) is 2.09. The minimum atomic E-state index is -0.319. The summed E-state index contributed by atoms with van der Waals surface area (Å²) >= 11 is 0. The third-order valence-electron chi connectivity index (χ3n) is 3.52. The maximum atomic E-state index is 5.77. The minimum absolute atomic E-state index is 0.162. The number of anilines is 2. The van der Waals surface area contributed by atoms with E-state index in [0.717, 1.165) is 5.56 Å². The van der Waals surface area contributed by atoms with Crippen LogP contribution in [0.1, 0.15) is 24.4 Å². The van der Waals surface area contributed by atoms with Crippen molar-refractivity contribution >= 4 is 11.9 Å². The van der Waals surface area contributed by atoms with Crippen LogP contribution < -0.4 is 10.6 Å². The first-order chi connectivity index (χ1) is 11.4. The van der Waals surface area contributed by atoms with Crippen molar-refractivity contribution in [3.63, 3.8) is 0 Å². The third-order valence-corrected chi connectivity index (χ3v) is 3.52. The molecule has 24 heavy (non-hydrogen) atoms. The second kappa shape index (κ2) is 6.19. The highest BCUT2D eigenvalue weighted by Crippen LogP contribution is 2.18. The van der Waals surface area contributed by atoms with Crippen LogP contribution in [0, 0.1) is 6.92 Å². The van der Waals surface area contributed by atoms with Gasteiger partial charge in [-0.25, -0.2) is 0 Å². The van der Waals surface area contributed by atoms with Gasteiger partial charge in [-0.3, -0.25) is 0 Å². The molecule has 0 radical (unpaired) electrons. The Morgan fingerprint density at radius 2 is 1.79 bits per heavy atom. The Morgan fingerprint density at radius 1 is 1.08 bits per heavy atom. The Balaban J connectivity index is 1.91. The molecule has 2 aromatic heterocycles. The van der Waals surface area contributed by atoms with Gasteiger partial charge in [-0.05, 0) is 19.1 Å². The van der Waals surface area contributed by atoms with E-state index in [1.807, 2.05) is 52.2 Å². The molecule has 0 aliphatic carbocycles. The van der Waals surface area contributed by atoms with Gasteiger partial charge in [0.1, 0.15) is 6.04 Å². The van der Waals surface area contributed by atoms with Gasteiger partial charge in [0.15, 0.2) is 5.82 Å². The number of aromatic nitrogens is 7. The quantitative estimate of drug-likeness (QED) is 0.758. The van der Waals surface area contributed by atoms with Gasteiger partial charge in [0, 0.05) is 19.7 Å². The molecule has 2 N–H and O–H groups in total. The van der Waals surface area contributed by atoms with Crippen LogP contribution >= 0.6 is 0 Å². The molecule has 0 bridgehead atoms. The number of nitrogens with two attached hydrogens (primary N) is 1. The van der Waals surface area contributed by atoms with Gasteiger partial charge in [-0.15, -0.1) is 10.2 Å². The monoisotopic (exact) mass is 325 g/mol. The van der Waals surface area contributed by atoms with Gasteiger partial charge in [0.2, 0.25) is 17.7 Å². The lowest BCUT2D eigenvalue weighted by molar-refractivity contribution is 0.461. The van der Waals surface area contributed by atoms with Gasteiger partial charge in [-0.2, -0.15) is 19.7 Å². The standard InChI is InChI=1S/C15H19N9/c1-9-5-7-11(8-6-9)13-20-22-24(21-13)10(2)12-17-14(16)19-15(18-12)23(3)4/h5-8,10H,1-4H3,(H2,16,17,18,19). The lowest BCUT2D eigenvalue weighted by Crippen LogP contribution is -2.20. The molecule has 0 saturated heterocycles. The summed E-state index contributed by atoms with van der Waals surface area (Å²) in [5.74, 6) is 1.69. The molecule has 124 valence electrons. The predicted octanol–water partition coefficient (Wildman–Crippen LogP) is 1.09. The van der Waals surface area contributed by atoms with Crippen LogP contribution in [-0.2, 0) is 0 Å². The van der Waals surface area contributed by atoms with Crippen LogP contribution in [0.25, 0.3) is 11.4 Å². The van der Waals surface area contributed by atoms with E-state index in [1.165, 1.54) is 10.4 Å². The van der Waals surface area contributed by atoms with Crippen LogP contribution in [0.2, 0.25) is 0 Å². The van der Waals surface area contributed by atoms with E-state index < -0.39 is 0 Å². The van der Waals surface area contributed by atoms with Crippen molar-refractivity contribution in [3.8, 4) is 11.4 Å². The molecular weight excluding hydrogens is 306 g/mol. The Morgan fingerprint density at radius 3 is 2.46 bits per heavy atom. The van der Waals surface area contributed by atoms with E-state index in [1.54, 1.807) is 4.90 Å². The lowest BCUT2D eigenvalue weighted by atomic mass is 10.1. The number of rotatable bonds is 4. The molecule has 0 fully saturated rings. The lowest BCUT2D eigenvalue weighted by Gasteiger charge is -2.14. The van der Waals surface area contributed by atoms with Crippen LogP contribution in [0.3, 0.4) is 0 Å². The molecule has 2 heterocycles. The highest BCUT2D eigenvalue weighted by molar-refractivity contribution is 5.54. The summed E-state index contributed by atoms with van der Waals surface area (Å²) in [7, 11) is 3.68. The number of hydrogen-bond donors (Lipinski definition) is 1. The van der Waals surface area contributed by atoms with Gasteiger partial charge >= 0.3 is 0 Å². The highest BCUT2D eigenvalue weighted by atomic mass is 15.6. The summed E-state index contributed by atoms with van der Waals surface area (Å²) < 4.78 is 0. The Bertz CT molecular complexity index is 838. The SMILES string of the molecule is Cc1ccc(-c2nnn(C(C)c3nc(N)nc(N(C)C)n3)n2)cc1. The number of aryl methyl sites for hydroxylation is 1. The normalized spacial score (nSPS) is 12.2. The van der Waals surface area contributed by atoms with Gasteiger partial charge in [0.05, 0.1) is 0 Å². The van der Waals surface area contributed by atoms with E-state index in [4.69, 9.17) is 5.73 Å².